The van der Waals surface area contributed by atoms with E-state index in [1.54, 1.807) is 11.3 Å². The Hall–Kier alpha value is -1.10. The van der Waals surface area contributed by atoms with Crippen molar-refractivity contribution in [3.63, 3.8) is 0 Å². The number of hydrogen-bond acceptors (Lipinski definition) is 3. The number of amides is 1. The van der Waals surface area contributed by atoms with Crippen molar-refractivity contribution >= 4 is 38.9 Å². The lowest BCUT2D eigenvalue weighted by Gasteiger charge is -2.42. The zero-order valence-electron chi connectivity index (χ0n) is 15.4. The molecule has 0 saturated carbocycles. The number of likely N-dealkylation sites (tertiary alicyclic amines) is 2. The number of rotatable bonds is 4. The molecule has 2 fully saturated rings. The fourth-order valence-electron chi connectivity index (χ4n) is 4.52. The molecule has 3 heterocycles. The Morgan fingerprint density at radius 1 is 1.23 bits per heavy atom. The molecule has 1 aromatic carbocycles. The van der Waals surface area contributed by atoms with E-state index in [2.05, 4.69) is 28.2 Å². The molecular weight excluding hydrogens is 364 g/mol. The lowest BCUT2D eigenvalue weighted by molar-refractivity contribution is -0.136. The summed E-state index contributed by atoms with van der Waals surface area (Å²) in [7, 11) is 0. The third-order valence-corrected chi connectivity index (χ3v) is 7.28. The van der Waals surface area contributed by atoms with Gasteiger partial charge in [0.1, 0.15) is 0 Å². The molecule has 4 rings (SSSR count). The first-order valence-corrected chi connectivity index (χ1v) is 11.0. The molecule has 3 nitrogen and oxygen atoms in total. The monoisotopic (exact) mass is 390 g/mol. The summed E-state index contributed by atoms with van der Waals surface area (Å²) in [6, 6.07) is 6.33. The van der Waals surface area contributed by atoms with Gasteiger partial charge in [0.25, 0.3) is 0 Å². The molecule has 140 valence electrons. The van der Waals surface area contributed by atoms with Gasteiger partial charge in [0, 0.05) is 28.9 Å². The van der Waals surface area contributed by atoms with Crippen LogP contribution in [0.3, 0.4) is 0 Å². The summed E-state index contributed by atoms with van der Waals surface area (Å²) in [6.07, 6.45) is 5.45. The first-order chi connectivity index (χ1) is 12.6. The maximum absolute atomic E-state index is 13.2. The van der Waals surface area contributed by atoms with Gasteiger partial charge in [0.15, 0.2) is 0 Å². The maximum Gasteiger partial charge on any atom is 0.227 e. The van der Waals surface area contributed by atoms with Crippen LogP contribution < -0.4 is 0 Å². The Bertz CT molecular complexity index is 783. The van der Waals surface area contributed by atoms with Gasteiger partial charge < -0.3 is 9.80 Å². The van der Waals surface area contributed by atoms with E-state index in [1.165, 1.54) is 37.1 Å². The van der Waals surface area contributed by atoms with E-state index < -0.39 is 0 Å². The highest BCUT2D eigenvalue weighted by atomic mass is 35.5. The second-order valence-corrected chi connectivity index (χ2v) is 9.21. The summed E-state index contributed by atoms with van der Waals surface area (Å²) in [6.45, 7) is 6.66. The fourth-order valence-corrected chi connectivity index (χ4v) is 5.64. The first kappa shape index (κ1) is 18.3. The van der Waals surface area contributed by atoms with Gasteiger partial charge >= 0.3 is 0 Å². The predicted octanol–water partition coefficient (Wildman–Crippen LogP) is 4.82. The van der Waals surface area contributed by atoms with Gasteiger partial charge in [-0.3, -0.25) is 4.79 Å². The molecule has 0 radical (unpaired) electrons. The summed E-state index contributed by atoms with van der Waals surface area (Å²) >= 11 is 7.88. The molecule has 2 atom stereocenters. The molecule has 0 unspecified atom stereocenters. The van der Waals surface area contributed by atoms with E-state index in [-0.39, 0.29) is 5.91 Å². The van der Waals surface area contributed by atoms with Crippen molar-refractivity contribution in [3.05, 3.63) is 34.2 Å². The van der Waals surface area contributed by atoms with Crippen LogP contribution in [0.1, 0.15) is 38.2 Å². The third kappa shape index (κ3) is 3.78. The van der Waals surface area contributed by atoms with Gasteiger partial charge in [-0.15, -0.1) is 11.3 Å². The van der Waals surface area contributed by atoms with Crippen molar-refractivity contribution in [2.45, 2.75) is 45.1 Å². The Labute approximate surface area is 164 Å². The minimum absolute atomic E-state index is 0.278. The van der Waals surface area contributed by atoms with Crippen LogP contribution in [-0.2, 0) is 11.2 Å². The molecule has 2 aliphatic heterocycles. The molecule has 1 amide bonds. The highest BCUT2D eigenvalue weighted by Gasteiger charge is 2.33. The topological polar surface area (TPSA) is 23.6 Å². The van der Waals surface area contributed by atoms with E-state index in [0.29, 0.717) is 18.4 Å². The SMILES string of the molecule is C[C@H]1CCCN(C(=O)Cc2csc3ccc(Cl)cc23)[C@H]1CN1CCCC1. The van der Waals surface area contributed by atoms with Crippen LogP contribution >= 0.6 is 22.9 Å². The van der Waals surface area contributed by atoms with E-state index in [9.17, 15) is 4.79 Å². The molecule has 0 spiro atoms. The number of hydrogen-bond donors (Lipinski definition) is 0. The molecule has 0 bridgehead atoms. The number of carbonyl (C=O) groups is 1. The number of carbonyl (C=O) groups excluding carboxylic acids is 1. The van der Waals surface area contributed by atoms with Crippen molar-refractivity contribution in [2.75, 3.05) is 26.2 Å². The standard InChI is InChI=1S/C21H27ClN2OS/c1-15-5-4-10-24(19(15)13-23-8-2-3-9-23)21(25)11-16-14-26-20-7-6-17(22)12-18(16)20/h6-7,12,14-15,19H,2-5,8-11,13H2,1H3/t15-,19-/m0/s1. The largest absolute Gasteiger partial charge is 0.338 e. The molecule has 0 aliphatic carbocycles. The van der Waals surface area contributed by atoms with Crippen LogP contribution in [0.25, 0.3) is 10.1 Å². The molecule has 0 N–H and O–H groups in total. The van der Waals surface area contributed by atoms with Gasteiger partial charge in [-0.2, -0.15) is 0 Å². The second-order valence-electron chi connectivity index (χ2n) is 7.86. The van der Waals surface area contributed by atoms with Crippen molar-refractivity contribution < 1.29 is 4.79 Å². The van der Waals surface area contributed by atoms with Crippen LogP contribution in [-0.4, -0.2) is 47.9 Å². The lowest BCUT2D eigenvalue weighted by Crippen LogP contribution is -2.53. The average Bonchev–Trinajstić information content (AvgIpc) is 3.27. The number of halogens is 1. The number of nitrogens with zero attached hydrogens (tertiary/aromatic N) is 2. The molecule has 1 aromatic heterocycles. The highest BCUT2D eigenvalue weighted by Crippen LogP contribution is 2.31. The number of thiophene rings is 1. The predicted molar refractivity (Wildman–Crippen MR) is 110 cm³/mol. The number of benzene rings is 1. The minimum Gasteiger partial charge on any atom is -0.338 e. The van der Waals surface area contributed by atoms with Crippen molar-refractivity contribution in [1.82, 2.24) is 9.80 Å². The average molecular weight is 391 g/mol. The number of fused-ring (bicyclic) bond motifs is 1. The molecule has 2 aliphatic rings. The van der Waals surface area contributed by atoms with Crippen molar-refractivity contribution in [1.29, 1.82) is 0 Å². The minimum atomic E-state index is 0.278. The Morgan fingerprint density at radius 3 is 2.85 bits per heavy atom. The summed E-state index contributed by atoms with van der Waals surface area (Å²) in [5.74, 6) is 0.863. The van der Waals surface area contributed by atoms with E-state index in [1.807, 2.05) is 12.1 Å². The maximum atomic E-state index is 13.2. The molecule has 5 heteroatoms. The van der Waals surface area contributed by atoms with E-state index >= 15 is 0 Å². The fraction of sp³-hybridized carbons (Fsp3) is 0.571. The Morgan fingerprint density at radius 2 is 2.04 bits per heavy atom. The highest BCUT2D eigenvalue weighted by molar-refractivity contribution is 7.17. The van der Waals surface area contributed by atoms with Gasteiger partial charge in [-0.25, -0.2) is 0 Å². The first-order valence-electron chi connectivity index (χ1n) is 9.79. The van der Waals surface area contributed by atoms with Crippen LogP contribution in [0.5, 0.6) is 0 Å². The molecular formula is C21H27ClN2OS. The van der Waals surface area contributed by atoms with E-state index in [0.717, 1.165) is 35.5 Å². The van der Waals surface area contributed by atoms with Gasteiger partial charge in [0.05, 0.1) is 6.42 Å². The van der Waals surface area contributed by atoms with Gasteiger partial charge in [-0.05, 0) is 79.2 Å². The summed E-state index contributed by atoms with van der Waals surface area (Å²) in [5, 5.41) is 4.00. The summed E-state index contributed by atoms with van der Waals surface area (Å²) < 4.78 is 1.21. The zero-order valence-corrected chi connectivity index (χ0v) is 17.0. The quantitative estimate of drug-likeness (QED) is 0.747. The van der Waals surface area contributed by atoms with Gasteiger partial charge in [-0.1, -0.05) is 18.5 Å². The molecule has 2 saturated heterocycles. The van der Waals surface area contributed by atoms with Crippen molar-refractivity contribution in [3.8, 4) is 0 Å². The van der Waals surface area contributed by atoms with Gasteiger partial charge in [0.2, 0.25) is 5.91 Å². The van der Waals surface area contributed by atoms with Crippen LogP contribution in [0, 0.1) is 5.92 Å². The second kappa shape index (κ2) is 7.87. The van der Waals surface area contributed by atoms with Crippen LogP contribution in [0.15, 0.2) is 23.6 Å². The Balaban J connectivity index is 1.51. The Kier molecular flexibility index (Phi) is 5.53. The van der Waals surface area contributed by atoms with Crippen LogP contribution in [0.2, 0.25) is 5.02 Å². The summed E-state index contributed by atoms with van der Waals surface area (Å²) in [5.41, 5.74) is 1.12. The third-order valence-electron chi connectivity index (χ3n) is 6.04. The molecule has 2 aromatic rings. The van der Waals surface area contributed by atoms with Crippen molar-refractivity contribution in [2.24, 2.45) is 5.92 Å². The van der Waals surface area contributed by atoms with E-state index in [4.69, 9.17) is 11.6 Å². The summed E-state index contributed by atoms with van der Waals surface area (Å²) in [4.78, 5) is 17.9. The smallest absolute Gasteiger partial charge is 0.227 e. The molecule has 26 heavy (non-hydrogen) atoms. The normalized spacial score (nSPS) is 24.5. The lowest BCUT2D eigenvalue weighted by atomic mass is 9.89. The number of piperidine rings is 1. The zero-order chi connectivity index (χ0) is 18.1. The van der Waals surface area contributed by atoms with Crippen LogP contribution in [0.4, 0.5) is 0 Å².